The Labute approximate surface area is 69.0 Å². The van der Waals surface area contributed by atoms with Crippen LogP contribution in [0.5, 0.6) is 0 Å². The average molecular weight is 211 g/mol. The van der Waals surface area contributed by atoms with E-state index in [0.29, 0.717) is 0 Å². The van der Waals surface area contributed by atoms with Crippen LogP contribution in [-0.4, -0.2) is 17.3 Å². The lowest BCUT2D eigenvalue weighted by atomic mass is 11.0. The second-order valence-electron chi connectivity index (χ2n) is 1.35. The van der Waals surface area contributed by atoms with Crippen LogP contribution in [-0.2, 0) is 9.84 Å². The van der Waals surface area contributed by atoms with Crippen molar-refractivity contribution in [2.75, 3.05) is 5.75 Å². The zero-order valence-corrected chi connectivity index (χ0v) is 7.65. The van der Waals surface area contributed by atoms with Crippen LogP contribution in [0.4, 0.5) is 0 Å². The van der Waals surface area contributed by atoms with Crippen molar-refractivity contribution in [3.8, 4) is 0 Å². The molecule has 0 radical (unpaired) electrons. The van der Waals surface area contributed by atoms with Gasteiger partial charge in [-0.25, -0.2) is 8.42 Å². The van der Waals surface area contributed by atoms with Gasteiger partial charge in [-0.2, -0.15) is 0 Å². The first kappa shape index (κ1) is 9.82. The first-order valence-electron chi connectivity index (χ1n) is 2.10. The molecule has 0 fully saturated rings. The van der Waals surface area contributed by atoms with Gasteiger partial charge in [-0.15, -0.1) is 0 Å². The van der Waals surface area contributed by atoms with E-state index in [2.05, 4.69) is 0 Å². The normalized spacial score (nSPS) is 13.8. The number of hydrogen-bond donors (Lipinski definition) is 0. The average Bonchev–Trinajstić information content (AvgIpc) is 1.64. The highest BCUT2D eigenvalue weighted by Gasteiger charge is 2.35. The second kappa shape index (κ2) is 2.82. The minimum Gasteiger partial charge on any atom is -0.224 e. The number of sulfone groups is 1. The highest BCUT2D eigenvalue weighted by Crippen LogP contribution is 2.32. The van der Waals surface area contributed by atoms with Gasteiger partial charge in [-0.1, -0.05) is 41.7 Å². The summed E-state index contributed by atoms with van der Waals surface area (Å²) in [5.74, 6) is -0.163. The summed E-state index contributed by atoms with van der Waals surface area (Å²) in [5, 5.41) is 0. The fraction of sp³-hybridized carbons (Fsp3) is 1.00. The predicted octanol–water partition coefficient (Wildman–Crippen LogP) is 1.75. The van der Waals surface area contributed by atoms with Crippen LogP contribution in [0.2, 0.25) is 0 Å². The van der Waals surface area contributed by atoms with Crippen LogP contribution in [0.15, 0.2) is 0 Å². The molecule has 2 nitrogen and oxygen atoms in total. The Morgan fingerprint density at radius 2 is 1.67 bits per heavy atom. The molecule has 56 valence electrons. The van der Waals surface area contributed by atoms with E-state index < -0.39 is 13.0 Å². The SMILES string of the molecule is CCS(=O)(=O)C(Cl)(Cl)Cl. The van der Waals surface area contributed by atoms with Crippen molar-refractivity contribution in [2.24, 2.45) is 0 Å². The Hall–Kier alpha value is 0.820. The molecule has 0 rings (SSSR count). The lowest BCUT2D eigenvalue weighted by Crippen LogP contribution is -2.21. The standard InChI is InChI=1S/C3H5Cl3O2S/c1-2-9(7,8)3(4,5)6/h2H2,1H3. The van der Waals surface area contributed by atoms with Gasteiger partial charge in [0.1, 0.15) is 0 Å². The summed E-state index contributed by atoms with van der Waals surface area (Å²) in [5.41, 5.74) is 0. The van der Waals surface area contributed by atoms with Crippen LogP contribution >= 0.6 is 34.8 Å². The van der Waals surface area contributed by atoms with Gasteiger partial charge < -0.3 is 0 Å². The lowest BCUT2D eigenvalue weighted by Gasteiger charge is -2.08. The van der Waals surface area contributed by atoms with Gasteiger partial charge in [0, 0.05) is 0 Å². The fourth-order valence-corrected chi connectivity index (χ4v) is 1.47. The van der Waals surface area contributed by atoms with E-state index in [4.69, 9.17) is 34.8 Å². The first-order chi connectivity index (χ1) is 3.81. The molecule has 6 heteroatoms. The minimum absolute atomic E-state index is 0.163. The van der Waals surface area contributed by atoms with Gasteiger partial charge in [-0.3, -0.25) is 0 Å². The van der Waals surface area contributed by atoms with Crippen LogP contribution in [0.25, 0.3) is 0 Å². The van der Waals surface area contributed by atoms with E-state index in [-0.39, 0.29) is 5.75 Å². The zero-order chi connectivity index (χ0) is 7.71. The quantitative estimate of drug-likeness (QED) is 0.619. The summed E-state index contributed by atoms with van der Waals surface area (Å²) in [6.07, 6.45) is 0. The third-order valence-electron chi connectivity index (χ3n) is 0.733. The van der Waals surface area contributed by atoms with E-state index in [1.165, 1.54) is 6.92 Å². The van der Waals surface area contributed by atoms with E-state index in [1.807, 2.05) is 0 Å². The van der Waals surface area contributed by atoms with Crippen LogP contribution in [0.3, 0.4) is 0 Å². The second-order valence-corrected chi connectivity index (χ2v) is 6.72. The molecular formula is C3H5Cl3O2S. The zero-order valence-electron chi connectivity index (χ0n) is 4.57. The number of hydrogen-bond acceptors (Lipinski definition) is 2. The number of alkyl halides is 3. The lowest BCUT2D eigenvalue weighted by molar-refractivity contribution is 0.597. The third-order valence-corrected chi connectivity index (χ3v) is 4.31. The molecule has 0 aliphatic heterocycles. The highest BCUT2D eigenvalue weighted by atomic mass is 35.6. The maximum Gasteiger partial charge on any atom is 0.292 e. The summed E-state index contributed by atoms with van der Waals surface area (Å²) >= 11 is 15.2. The molecule has 0 aromatic heterocycles. The number of rotatable bonds is 1. The molecule has 0 saturated carbocycles. The maximum absolute atomic E-state index is 10.6. The Bertz CT molecular complexity index is 178. The molecule has 0 amide bonds. The molecule has 0 bridgehead atoms. The monoisotopic (exact) mass is 210 g/mol. The van der Waals surface area contributed by atoms with Gasteiger partial charge in [0.15, 0.2) is 9.84 Å². The largest absolute Gasteiger partial charge is 0.292 e. The summed E-state index contributed by atoms with van der Waals surface area (Å²) in [6.45, 7) is 1.41. The van der Waals surface area contributed by atoms with Crippen LogP contribution < -0.4 is 0 Å². The van der Waals surface area contributed by atoms with Gasteiger partial charge in [0.05, 0.1) is 5.75 Å². The van der Waals surface area contributed by atoms with E-state index in [0.717, 1.165) is 0 Å². The van der Waals surface area contributed by atoms with E-state index >= 15 is 0 Å². The summed E-state index contributed by atoms with van der Waals surface area (Å²) < 4.78 is 19.1. The molecule has 0 spiro atoms. The van der Waals surface area contributed by atoms with Crippen molar-refractivity contribution in [1.29, 1.82) is 0 Å². The summed E-state index contributed by atoms with van der Waals surface area (Å²) in [4.78, 5) is 0. The summed E-state index contributed by atoms with van der Waals surface area (Å²) in [6, 6.07) is 0. The highest BCUT2D eigenvalue weighted by molar-refractivity contribution is 7.97. The van der Waals surface area contributed by atoms with Crippen molar-refractivity contribution in [3.63, 3.8) is 0 Å². The molecule has 0 aromatic carbocycles. The van der Waals surface area contributed by atoms with Crippen LogP contribution in [0.1, 0.15) is 6.92 Å². The Morgan fingerprint density at radius 1 is 1.33 bits per heavy atom. The van der Waals surface area contributed by atoms with Crippen LogP contribution in [0, 0.1) is 0 Å². The predicted molar refractivity (Wildman–Crippen MR) is 39.8 cm³/mol. The Balaban J connectivity index is 4.57. The Kier molecular flexibility index (Phi) is 3.08. The molecule has 0 saturated heterocycles. The summed E-state index contributed by atoms with van der Waals surface area (Å²) in [7, 11) is -3.54. The van der Waals surface area contributed by atoms with Gasteiger partial charge in [0.25, 0.3) is 3.12 Å². The molecule has 0 heterocycles. The first-order valence-corrected chi connectivity index (χ1v) is 4.89. The molecule has 0 N–H and O–H groups in total. The van der Waals surface area contributed by atoms with Gasteiger partial charge in [0.2, 0.25) is 0 Å². The van der Waals surface area contributed by atoms with Crippen molar-refractivity contribution in [2.45, 2.75) is 10.0 Å². The van der Waals surface area contributed by atoms with Gasteiger partial charge in [-0.05, 0) is 0 Å². The van der Waals surface area contributed by atoms with Crippen molar-refractivity contribution in [1.82, 2.24) is 0 Å². The van der Waals surface area contributed by atoms with E-state index in [9.17, 15) is 8.42 Å². The molecular weight excluding hydrogens is 206 g/mol. The topological polar surface area (TPSA) is 34.1 Å². The smallest absolute Gasteiger partial charge is 0.224 e. The van der Waals surface area contributed by atoms with Crippen molar-refractivity contribution in [3.05, 3.63) is 0 Å². The molecule has 0 unspecified atom stereocenters. The molecule has 0 aliphatic carbocycles. The maximum atomic E-state index is 10.6. The molecule has 0 atom stereocenters. The van der Waals surface area contributed by atoms with Crippen molar-refractivity contribution < 1.29 is 8.42 Å². The molecule has 9 heavy (non-hydrogen) atoms. The third kappa shape index (κ3) is 2.50. The number of halogens is 3. The fourth-order valence-electron chi connectivity index (χ4n) is 0.164. The van der Waals surface area contributed by atoms with E-state index in [1.54, 1.807) is 0 Å². The Morgan fingerprint density at radius 3 is 1.67 bits per heavy atom. The van der Waals surface area contributed by atoms with Crippen molar-refractivity contribution >= 4 is 44.6 Å². The van der Waals surface area contributed by atoms with Gasteiger partial charge >= 0.3 is 0 Å². The minimum atomic E-state index is -3.54. The molecule has 0 aromatic rings. The molecule has 0 aliphatic rings.